The van der Waals surface area contributed by atoms with E-state index in [0.717, 1.165) is 53.2 Å². The van der Waals surface area contributed by atoms with E-state index in [0.29, 0.717) is 44.3 Å². The number of Topliss-reactive ketones (excluding diaryl/α,β-unsaturated/α-hetero) is 1. The standard InChI is InChI=1S/C34H43N5O6/c1-23(2)31(40)7-4-5-17-45-28-12-13-29-30(21-28)39-34(38-29)37-25(20-33(41)42)19-24-8-10-26(11-9-24)44-18-6-15-35-32-22-27(43-3)14-16-36-32/h8-14,16,21-23,25H,4-7,15,17-20H2,1-3H3,(H,35,36)(H,41,42)(H2,37,38,39)/t25-/m1/s1. The van der Waals surface area contributed by atoms with Gasteiger partial charge in [-0.05, 0) is 61.6 Å². The third-order valence-corrected chi connectivity index (χ3v) is 7.21. The second kappa shape index (κ2) is 16.9. The fraction of sp³-hybridized carbons (Fsp3) is 0.412. The van der Waals surface area contributed by atoms with Crippen LogP contribution in [-0.2, 0) is 16.0 Å². The number of rotatable bonds is 20. The van der Waals surface area contributed by atoms with Crippen LogP contribution in [0.5, 0.6) is 17.2 Å². The monoisotopic (exact) mass is 617 g/mol. The van der Waals surface area contributed by atoms with Crippen LogP contribution in [0.2, 0.25) is 0 Å². The number of nitrogens with one attached hydrogen (secondary N) is 3. The van der Waals surface area contributed by atoms with Crippen LogP contribution in [0.15, 0.2) is 60.8 Å². The van der Waals surface area contributed by atoms with E-state index in [1.807, 2.05) is 62.4 Å². The van der Waals surface area contributed by atoms with Gasteiger partial charge >= 0.3 is 5.97 Å². The van der Waals surface area contributed by atoms with Crippen LogP contribution in [0, 0.1) is 5.92 Å². The van der Waals surface area contributed by atoms with Crippen molar-refractivity contribution in [2.75, 3.05) is 37.5 Å². The zero-order chi connectivity index (χ0) is 32.0. The molecule has 0 aliphatic rings. The summed E-state index contributed by atoms with van der Waals surface area (Å²) in [5, 5.41) is 16.0. The molecule has 1 atom stereocenters. The molecule has 4 rings (SSSR count). The maximum Gasteiger partial charge on any atom is 0.305 e. The summed E-state index contributed by atoms with van der Waals surface area (Å²) in [4.78, 5) is 35.5. The molecule has 0 fully saturated rings. The molecule has 0 bridgehead atoms. The van der Waals surface area contributed by atoms with Gasteiger partial charge in [0.15, 0.2) is 0 Å². The van der Waals surface area contributed by atoms with Crippen molar-refractivity contribution in [3.05, 3.63) is 66.4 Å². The number of H-pyrrole nitrogens is 1. The first-order valence-electron chi connectivity index (χ1n) is 15.4. The SMILES string of the molecule is COc1ccnc(NCCCOc2ccc(C[C@H](CC(=O)O)Nc3nc4ccc(OCCCCC(=O)C(C)C)cc4[nH]3)cc2)c1. The molecule has 11 nitrogen and oxygen atoms in total. The predicted octanol–water partition coefficient (Wildman–Crippen LogP) is 6.12. The number of hydrogen-bond donors (Lipinski definition) is 4. The normalized spacial score (nSPS) is 11.7. The predicted molar refractivity (Wildman–Crippen MR) is 174 cm³/mol. The van der Waals surface area contributed by atoms with E-state index >= 15 is 0 Å². The summed E-state index contributed by atoms with van der Waals surface area (Å²) in [5.74, 6) is 2.92. The summed E-state index contributed by atoms with van der Waals surface area (Å²) in [6.07, 6.45) is 5.09. The number of pyridine rings is 1. The minimum Gasteiger partial charge on any atom is -0.497 e. The maximum absolute atomic E-state index is 11.8. The number of nitrogens with zero attached hydrogens (tertiary/aromatic N) is 2. The number of anilines is 2. The van der Waals surface area contributed by atoms with Gasteiger partial charge in [-0.3, -0.25) is 9.59 Å². The highest BCUT2D eigenvalue weighted by molar-refractivity contribution is 5.80. The highest BCUT2D eigenvalue weighted by Gasteiger charge is 2.16. The van der Waals surface area contributed by atoms with E-state index < -0.39 is 5.97 Å². The minimum absolute atomic E-state index is 0.0700. The Labute approximate surface area is 263 Å². The molecule has 11 heteroatoms. The molecule has 2 heterocycles. The van der Waals surface area contributed by atoms with Crippen molar-refractivity contribution in [3.63, 3.8) is 0 Å². The number of carboxylic acid groups (broad SMARTS) is 1. The highest BCUT2D eigenvalue weighted by Crippen LogP contribution is 2.23. The first-order chi connectivity index (χ1) is 21.8. The van der Waals surface area contributed by atoms with Crippen molar-refractivity contribution in [2.45, 2.75) is 58.4 Å². The summed E-state index contributed by atoms with van der Waals surface area (Å²) in [6.45, 7) is 5.62. The smallest absolute Gasteiger partial charge is 0.305 e. The average Bonchev–Trinajstić information content (AvgIpc) is 3.42. The summed E-state index contributed by atoms with van der Waals surface area (Å²) in [5.41, 5.74) is 2.52. The Balaban J connectivity index is 1.24. The molecule has 240 valence electrons. The summed E-state index contributed by atoms with van der Waals surface area (Å²) in [6, 6.07) is 16.6. The van der Waals surface area contributed by atoms with Gasteiger partial charge in [-0.15, -0.1) is 0 Å². The fourth-order valence-corrected chi connectivity index (χ4v) is 4.72. The lowest BCUT2D eigenvalue weighted by Crippen LogP contribution is -2.26. The van der Waals surface area contributed by atoms with Gasteiger partial charge in [-0.25, -0.2) is 9.97 Å². The number of carboxylic acids is 1. The molecule has 0 saturated carbocycles. The van der Waals surface area contributed by atoms with Gasteiger partial charge < -0.3 is 34.9 Å². The van der Waals surface area contributed by atoms with Crippen LogP contribution >= 0.6 is 0 Å². The van der Waals surface area contributed by atoms with Gasteiger partial charge in [0.2, 0.25) is 5.95 Å². The Morgan fingerprint density at radius 2 is 1.69 bits per heavy atom. The molecule has 45 heavy (non-hydrogen) atoms. The van der Waals surface area contributed by atoms with Crippen LogP contribution in [0.25, 0.3) is 11.0 Å². The van der Waals surface area contributed by atoms with Crippen LogP contribution in [0.4, 0.5) is 11.8 Å². The first kappa shape index (κ1) is 33.1. The molecule has 2 aromatic carbocycles. The van der Waals surface area contributed by atoms with Gasteiger partial charge in [-0.2, -0.15) is 0 Å². The maximum atomic E-state index is 11.8. The number of ketones is 1. The number of imidazole rings is 1. The Morgan fingerprint density at radius 3 is 2.44 bits per heavy atom. The molecule has 0 aliphatic heterocycles. The number of aromatic nitrogens is 3. The molecular formula is C34H43N5O6. The van der Waals surface area contributed by atoms with Crippen molar-refractivity contribution in [3.8, 4) is 17.2 Å². The molecule has 0 unspecified atom stereocenters. The van der Waals surface area contributed by atoms with Crippen molar-refractivity contribution in [1.29, 1.82) is 0 Å². The number of fused-ring (bicyclic) bond motifs is 1. The molecule has 0 radical (unpaired) electrons. The molecule has 4 aromatic rings. The zero-order valence-electron chi connectivity index (χ0n) is 26.2. The Hall–Kier alpha value is -4.80. The summed E-state index contributed by atoms with van der Waals surface area (Å²) >= 11 is 0. The summed E-state index contributed by atoms with van der Waals surface area (Å²) < 4.78 is 17.0. The van der Waals surface area contributed by atoms with Gasteiger partial charge in [0.1, 0.15) is 28.8 Å². The number of benzene rings is 2. The molecule has 0 saturated heterocycles. The fourth-order valence-electron chi connectivity index (χ4n) is 4.72. The van der Waals surface area contributed by atoms with Gasteiger partial charge in [0, 0.05) is 43.3 Å². The zero-order valence-corrected chi connectivity index (χ0v) is 26.2. The van der Waals surface area contributed by atoms with Crippen molar-refractivity contribution in [2.24, 2.45) is 5.92 Å². The van der Waals surface area contributed by atoms with Crippen LogP contribution in [0.1, 0.15) is 51.5 Å². The van der Waals surface area contributed by atoms with E-state index in [2.05, 4.69) is 25.6 Å². The van der Waals surface area contributed by atoms with Gasteiger partial charge in [0.25, 0.3) is 0 Å². The second-order valence-corrected chi connectivity index (χ2v) is 11.2. The molecule has 2 aromatic heterocycles. The number of ether oxygens (including phenoxy) is 3. The minimum atomic E-state index is -0.896. The lowest BCUT2D eigenvalue weighted by Gasteiger charge is -2.17. The molecule has 0 amide bonds. The number of methoxy groups -OCH3 is 1. The highest BCUT2D eigenvalue weighted by atomic mass is 16.5. The topological polar surface area (TPSA) is 148 Å². The van der Waals surface area contributed by atoms with Gasteiger partial charge in [-0.1, -0.05) is 26.0 Å². The molecular weight excluding hydrogens is 574 g/mol. The third kappa shape index (κ3) is 11.0. The molecule has 0 spiro atoms. The van der Waals surface area contributed by atoms with Crippen LogP contribution in [0.3, 0.4) is 0 Å². The van der Waals surface area contributed by atoms with Crippen molar-refractivity contribution in [1.82, 2.24) is 15.0 Å². The number of unbranched alkanes of at least 4 members (excludes halogenated alkanes) is 1. The van der Waals surface area contributed by atoms with E-state index in [4.69, 9.17) is 14.2 Å². The lowest BCUT2D eigenvalue weighted by molar-refractivity contribution is -0.137. The van der Waals surface area contributed by atoms with E-state index in [1.165, 1.54) is 0 Å². The number of carbonyl (C=O) groups excluding carboxylic acids is 1. The number of carbonyl (C=O) groups is 2. The number of hydrogen-bond acceptors (Lipinski definition) is 9. The number of aliphatic carboxylic acids is 1. The summed E-state index contributed by atoms with van der Waals surface area (Å²) in [7, 11) is 1.62. The second-order valence-electron chi connectivity index (χ2n) is 11.2. The third-order valence-electron chi connectivity index (χ3n) is 7.21. The van der Waals surface area contributed by atoms with E-state index in [-0.39, 0.29) is 24.2 Å². The van der Waals surface area contributed by atoms with E-state index in [9.17, 15) is 14.7 Å². The quantitative estimate of drug-likeness (QED) is 0.0855. The van der Waals surface area contributed by atoms with Crippen LogP contribution < -0.4 is 24.8 Å². The van der Waals surface area contributed by atoms with Crippen molar-refractivity contribution < 1.29 is 28.9 Å². The largest absolute Gasteiger partial charge is 0.497 e. The Bertz CT molecular complexity index is 1520. The van der Waals surface area contributed by atoms with Crippen LogP contribution in [-0.4, -0.2) is 64.7 Å². The van der Waals surface area contributed by atoms with Crippen molar-refractivity contribution >= 4 is 34.6 Å². The van der Waals surface area contributed by atoms with Gasteiger partial charge in [0.05, 0.1) is 37.8 Å². The Kier molecular flexibility index (Phi) is 12.4. The molecule has 0 aliphatic carbocycles. The lowest BCUT2D eigenvalue weighted by atomic mass is 10.0. The Morgan fingerprint density at radius 1 is 0.933 bits per heavy atom. The van der Waals surface area contributed by atoms with E-state index in [1.54, 1.807) is 19.4 Å². The first-order valence-corrected chi connectivity index (χ1v) is 15.4. The number of aromatic amines is 1. The molecule has 4 N–H and O–H groups in total. The average molecular weight is 618 g/mol.